The first kappa shape index (κ1) is 13.1. The van der Waals surface area contributed by atoms with Gasteiger partial charge in [0.25, 0.3) is 0 Å². The van der Waals surface area contributed by atoms with E-state index in [1.165, 1.54) is 18.2 Å². The Hall–Kier alpha value is -1.39. The molecular weight excluding hydrogens is 321 g/mol. The Labute approximate surface area is 117 Å². The molecule has 0 spiro atoms. The zero-order valence-electron chi connectivity index (χ0n) is 9.08. The lowest BCUT2D eigenvalue weighted by molar-refractivity contribution is 0.103. The number of carbonyl (C=O) groups is 1. The lowest BCUT2D eigenvalue weighted by Crippen LogP contribution is -2.05. The third kappa shape index (κ3) is 2.71. The van der Waals surface area contributed by atoms with Crippen molar-refractivity contribution in [3.63, 3.8) is 0 Å². The lowest BCUT2D eigenvalue weighted by Gasteiger charge is -2.05. The lowest BCUT2D eigenvalue weighted by atomic mass is 10.0. The molecule has 0 aliphatic rings. The first-order valence-corrected chi connectivity index (χ1v) is 6.20. The summed E-state index contributed by atoms with van der Waals surface area (Å²) < 4.78 is 14.3. The smallest absolute Gasteiger partial charge is 0.196 e. The highest BCUT2D eigenvalue weighted by atomic mass is 79.9. The Morgan fingerprint density at radius 1 is 1.22 bits per heavy atom. The van der Waals surface area contributed by atoms with Crippen molar-refractivity contribution in [2.75, 3.05) is 5.73 Å². The summed E-state index contributed by atoms with van der Waals surface area (Å²) in [6, 6.07) is 8.69. The average Bonchev–Trinajstić information content (AvgIpc) is 2.26. The molecule has 2 N–H and O–H groups in total. The maximum absolute atomic E-state index is 13.6. The number of anilines is 1. The van der Waals surface area contributed by atoms with E-state index in [1.807, 2.05) is 0 Å². The topological polar surface area (TPSA) is 43.1 Å². The highest BCUT2D eigenvalue weighted by Gasteiger charge is 2.15. The van der Waals surface area contributed by atoms with Crippen LogP contribution in [0.3, 0.4) is 0 Å². The van der Waals surface area contributed by atoms with Gasteiger partial charge in [-0.3, -0.25) is 4.79 Å². The van der Waals surface area contributed by atoms with Crippen LogP contribution in [0.4, 0.5) is 10.1 Å². The highest BCUT2D eigenvalue weighted by molar-refractivity contribution is 9.10. The van der Waals surface area contributed by atoms with E-state index in [4.69, 9.17) is 17.3 Å². The Morgan fingerprint density at radius 3 is 2.56 bits per heavy atom. The van der Waals surface area contributed by atoms with Crippen LogP contribution in [0.1, 0.15) is 15.9 Å². The monoisotopic (exact) mass is 327 g/mol. The second-order valence-corrected chi connectivity index (χ2v) is 5.08. The van der Waals surface area contributed by atoms with Crippen molar-refractivity contribution in [2.45, 2.75) is 0 Å². The predicted octanol–water partition coefficient (Wildman–Crippen LogP) is 4.05. The normalized spacial score (nSPS) is 10.4. The minimum Gasteiger partial charge on any atom is -0.399 e. The van der Waals surface area contributed by atoms with Crippen LogP contribution >= 0.6 is 27.5 Å². The Kier molecular flexibility index (Phi) is 3.68. The van der Waals surface area contributed by atoms with Crippen molar-refractivity contribution < 1.29 is 9.18 Å². The summed E-state index contributed by atoms with van der Waals surface area (Å²) in [5, 5.41) is 0.248. The van der Waals surface area contributed by atoms with Gasteiger partial charge in [0.1, 0.15) is 5.82 Å². The number of ketones is 1. The van der Waals surface area contributed by atoms with E-state index in [2.05, 4.69) is 15.9 Å². The first-order valence-electron chi connectivity index (χ1n) is 5.03. The molecule has 0 atom stereocenters. The van der Waals surface area contributed by atoms with Crippen LogP contribution in [0.15, 0.2) is 40.9 Å². The van der Waals surface area contributed by atoms with E-state index < -0.39 is 11.6 Å². The fourth-order valence-electron chi connectivity index (χ4n) is 1.57. The third-order valence-electron chi connectivity index (χ3n) is 2.36. The van der Waals surface area contributed by atoms with E-state index in [-0.39, 0.29) is 10.6 Å². The average molecular weight is 329 g/mol. The molecule has 0 heterocycles. The Balaban J connectivity index is 2.47. The number of hydrogen-bond acceptors (Lipinski definition) is 2. The number of hydrogen-bond donors (Lipinski definition) is 1. The fourth-order valence-corrected chi connectivity index (χ4v) is 2.24. The maximum Gasteiger partial charge on any atom is 0.196 e. The van der Waals surface area contributed by atoms with E-state index in [0.717, 1.165) is 6.07 Å². The summed E-state index contributed by atoms with van der Waals surface area (Å²) in [6.07, 6.45) is 0. The molecule has 0 amide bonds. The van der Waals surface area contributed by atoms with E-state index in [1.54, 1.807) is 12.1 Å². The van der Waals surface area contributed by atoms with Gasteiger partial charge in [0, 0.05) is 20.7 Å². The summed E-state index contributed by atoms with van der Waals surface area (Å²) in [4.78, 5) is 12.1. The molecule has 5 heteroatoms. The highest BCUT2D eigenvalue weighted by Crippen LogP contribution is 2.22. The SMILES string of the molecule is Nc1cc(Br)cc(C(=O)c2ccc(Cl)cc2F)c1. The van der Waals surface area contributed by atoms with Gasteiger partial charge in [0.15, 0.2) is 5.78 Å². The van der Waals surface area contributed by atoms with Crippen LogP contribution in [0.5, 0.6) is 0 Å². The molecule has 0 aliphatic carbocycles. The predicted molar refractivity (Wildman–Crippen MR) is 73.4 cm³/mol. The van der Waals surface area contributed by atoms with Crippen molar-refractivity contribution in [1.82, 2.24) is 0 Å². The summed E-state index contributed by atoms with van der Waals surface area (Å²) in [6.45, 7) is 0. The minimum absolute atomic E-state index is 0.0306. The number of benzene rings is 2. The summed E-state index contributed by atoms with van der Waals surface area (Å²) in [7, 11) is 0. The standard InChI is InChI=1S/C13H8BrClFNO/c14-8-3-7(4-10(17)5-8)13(18)11-2-1-9(15)6-12(11)16/h1-6H,17H2. The van der Waals surface area contributed by atoms with Gasteiger partial charge in [0.2, 0.25) is 0 Å². The zero-order valence-corrected chi connectivity index (χ0v) is 11.4. The first-order chi connectivity index (χ1) is 8.47. The van der Waals surface area contributed by atoms with E-state index in [9.17, 15) is 9.18 Å². The van der Waals surface area contributed by atoms with Gasteiger partial charge in [-0.2, -0.15) is 0 Å². The Morgan fingerprint density at radius 2 is 1.94 bits per heavy atom. The largest absolute Gasteiger partial charge is 0.399 e. The van der Waals surface area contributed by atoms with Gasteiger partial charge in [-0.25, -0.2) is 4.39 Å². The molecular formula is C13H8BrClFNO. The van der Waals surface area contributed by atoms with Crippen LogP contribution in [0.25, 0.3) is 0 Å². The molecule has 92 valence electrons. The Bertz CT molecular complexity index is 610. The van der Waals surface area contributed by atoms with Gasteiger partial charge < -0.3 is 5.73 Å². The maximum atomic E-state index is 13.6. The molecule has 2 rings (SSSR count). The van der Waals surface area contributed by atoms with Crippen LogP contribution in [-0.2, 0) is 0 Å². The van der Waals surface area contributed by atoms with E-state index >= 15 is 0 Å². The summed E-state index contributed by atoms with van der Waals surface area (Å²) in [5.74, 6) is -1.08. The molecule has 2 aromatic rings. The van der Waals surface area contributed by atoms with Gasteiger partial charge in [-0.1, -0.05) is 27.5 Å². The van der Waals surface area contributed by atoms with E-state index in [0.29, 0.717) is 15.7 Å². The second kappa shape index (κ2) is 5.08. The van der Waals surface area contributed by atoms with Crippen molar-refractivity contribution >= 4 is 39.0 Å². The zero-order chi connectivity index (χ0) is 13.3. The molecule has 18 heavy (non-hydrogen) atoms. The molecule has 0 bridgehead atoms. The number of nitrogens with two attached hydrogens (primary N) is 1. The van der Waals surface area contributed by atoms with Gasteiger partial charge in [-0.05, 0) is 36.4 Å². The molecule has 0 fully saturated rings. The fraction of sp³-hybridized carbons (Fsp3) is 0. The van der Waals surface area contributed by atoms with Crippen LogP contribution < -0.4 is 5.73 Å². The number of halogens is 3. The molecule has 2 aromatic carbocycles. The van der Waals surface area contributed by atoms with Crippen molar-refractivity contribution in [3.05, 3.63) is 62.8 Å². The molecule has 2 nitrogen and oxygen atoms in total. The van der Waals surface area contributed by atoms with Gasteiger partial charge >= 0.3 is 0 Å². The summed E-state index contributed by atoms with van der Waals surface area (Å²) >= 11 is 8.88. The van der Waals surface area contributed by atoms with Crippen molar-refractivity contribution in [3.8, 4) is 0 Å². The quantitative estimate of drug-likeness (QED) is 0.667. The minimum atomic E-state index is -0.647. The van der Waals surface area contributed by atoms with Crippen molar-refractivity contribution in [2.24, 2.45) is 0 Å². The molecule has 0 saturated carbocycles. The molecule has 0 radical (unpaired) electrons. The summed E-state index contributed by atoms with van der Waals surface area (Å²) in [5.41, 5.74) is 6.36. The van der Waals surface area contributed by atoms with Crippen LogP contribution in [0, 0.1) is 5.82 Å². The number of carbonyl (C=O) groups excluding carboxylic acids is 1. The van der Waals surface area contributed by atoms with Crippen LogP contribution in [-0.4, -0.2) is 5.78 Å². The van der Waals surface area contributed by atoms with Crippen LogP contribution in [0.2, 0.25) is 5.02 Å². The second-order valence-electron chi connectivity index (χ2n) is 3.73. The molecule has 0 aromatic heterocycles. The number of rotatable bonds is 2. The molecule has 0 unspecified atom stereocenters. The molecule has 0 saturated heterocycles. The van der Waals surface area contributed by atoms with Gasteiger partial charge in [0.05, 0.1) is 5.56 Å². The molecule has 0 aliphatic heterocycles. The number of nitrogen functional groups attached to an aromatic ring is 1. The van der Waals surface area contributed by atoms with Gasteiger partial charge in [-0.15, -0.1) is 0 Å². The third-order valence-corrected chi connectivity index (χ3v) is 3.05. The van der Waals surface area contributed by atoms with Crippen molar-refractivity contribution in [1.29, 1.82) is 0 Å².